The maximum absolute atomic E-state index is 13.6. The maximum atomic E-state index is 13.6. The number of aromatic nitrogens is 2. The summed E-state index contributed by atoms with van der Waals surface area (Å²) < 4.78 is 6.94. The summed E-state index contributed by atoms with van der Waals surface area (Å²) in [5.41, 5.74) is 1.53. The molecule has 0 saturated carbocycles. The Labute approximate surface area is 184 Å². The number of aryl methyl sites for hydroxylation is 2. The molecule has 0 fully saturated rings. The van der Waals surface area contributed by atoms with Crippen LogP contribution in [0.25, 0.3) is 15.9 Å². The average molecular weight is 446 g/mol. The molecule has 1 amide bonds. The Kier molecular flexibility index (Phi) is 7.20. The van der Waals surface area contributed by atoms with Gasteiger partial charge in [0.05, 0.1) is 23.4 Å². The molecule has 2 heterocycles. The van der Waals surface area contributed by atoms with Crippen LogP contribution in [-0.4, -0.2) is 34.4 Å². The minimum atomic E-state index is -0.385. The lowest BCUT2D eigenvalue weighted by atomic mass is 10.2. The minimum Gasteiger partial charge on any atom is -0.497 e. The van der Waals surface area contributed by atoms with Gasteiger partial charge < -0.3 is 10.1 Å². The number of hydrogen-bond donors (Lipinski definition) is 1. The van der Waals surface area contributed by atoms with Crippen molar-refractivity contribution in [2.24, 2.45) is 0 Å². The van der Waals surface area contributed by atoms with E-state index in [1.54, 1.807) is 23.0 Å². The number of amides is 1. The van der Waals surface area contributed by atoms with E-state index in [1.165, 1.54) is 11.8 Å². The van der Waals surface area contributed by atoms with Crippen LogP contribution >= 0.6 is 23.1 Å². The van der Waals surface area contributed by atoms with Crippen molar-refractivity contribution in [3.63, 3.8) is 0 Å². The third-order valence-corrected chi connectivity index (χ3v) is 7.25. The zero-order valence-electron chi connectivity index (χ0n) is 17.9. The molecule has 1 aromatic carbocycles. The number of benzene rings is 1. The van der Waals surface area contributed by atoms with Crippen LogP contribution in [0, 0.1) is 6.92 Å². The Bertz CT molecular complexity index is 1120. The SMILES string of the molecule is CCCNC(=O)C(C)Sc1nc2sc(CC)c(C)c2c(=O)n1-c1cccc(OC)c1. The molecule has 30 heavy (non-hydrogen) atoms. The quantitative estimate of drug-likeness (QED) is 0.413. The van der Waals surface area contributed by atoms with Crippen LogP contribution in [-0.2, 0) is 11.2 Å². The van der Waals surface area contributed by atoms with Crippen LogP contribution in [0.1, 0.15) is 37.6 Å². The maximum Gasteiger partial charge on any atom is 0.267 e. The first kappa shape index (κ1) is 22.4. The molecule has 0 bridgehead atoms. The molecular formula is C22H27N3O3S2. The number of thiophene rings is 1. The first-order chi connectivity index (χ1) is 14.4. The van der Waals surface area contributed by atoms with Gasteiger partial charge in [0.15, 0.2) is 5.16 Å². The fourth-order valence-corrected chi connectivity index (χ4v) is 5.32. The minimum absolute atomic E-state index is 0.0648. The van der Waals surface area contributed by atoms with Crippen molar-refractivity contribution in [3.8, 4) is 11.4 Å². The Balaban J connectivity index is 2.18. The molecule has 1 N–H and O–H groups in total. The Morgan fingerprint density at radius 3 is 2.80 bits per heavy atom. The van der Waals surface area contributed by atoms with Crippen molar-refractivity contribution >= 4 is 39.2 Å². The first-order valence-electron chi connectivity index (χ1n) is 10.0. The normalized spacial score (nSPS) is 12.2. The van der Waals surface area contributed by atoms with Crippen LogP contribution in [0.3, 0.4) is 0 Å². The smallest absolute Gasteiger partial charge is 0.267 e. The van der Waals surface area contributed by atoms with Crippen LogP contribution in [0.2, 0.25) is 0 Å². The van der Waals surface area contributed by atoms with Gasteiger partial charge >= 0.3 is 0 Å². The topological polar surface area (TPSA) is 73.2 Å². The highest BCUT2D eigenvalue weighted by molar-refractivity contribution is 8.00. The van der Waals surface area contributed by atoms with E-state index in [4.69, 9.17) is 9.72 Å². The van der Waals surface area contributed by atoms with Gasteiger partial charge in [0, 0.05) is 17.5 Å². The monoisotopic (exact) mass is 445 g/mol. The standard InChI is InChI=1S/C22H27N3O3S2/c1-6-11-23-19(26)14(4)29-22-24-20-18(13(3)17(7-2)30-20)21(27)25(22)15-9-8-10-16(12-15)28-5/h8-10,12,14H,6-7,11H2,1-5H3,(H,23,26). The van der Waals surface area contributed by atoms with Gasteiger partial charge in [-0.15, -0.1) is 11.3 Å². The predicted octanol–water partition coefficient (Wildman–Crippen LogP) is 4.33. The third kappa shape index (κ3) is 4.39. The largest absolute Gasteiger partial charge is 0.497 e. The molecule has 0 aliphatic heterocycles. The van der Waals surface area contributed by atoms with E-state index in [0.717, 1.165) is 28.1 Å². The van der Waals surface area contributed by atoms with Crippen LogP contribution in [0.4, 0.5) is 0 Å². The first-order valence-corrected chi connectivity index (χ1v) is 11.7. The van der Waals surface area contributed by atoms with E-state index in [9.17, 15) is 9.59 Å². The number of ether oxygens (including phenoxy) is 1. The second kappa shape index (κ2) is 9.66. The molecule has 0 saturated heterocycles. The number of nitrogens with one attached hydrogen (secondary N) is 1. The number of carbonyl (C=O) groups excluding carboxylic acids is 1. The highest BCUT2D eigenvalue weighted by Gasteiger charge is 2.22. The lowest BCUT2D eigenvalue weighted by molar-refractivity contribution is -0.120. The molecule has 0 aliphatic rings. The molecule has 0 aliphatic carbocycles. The summed E-state index contributed by atoms with van der Waals surface area (Å²) in [6, 6.07) is 7.34. The van der Waals surface area contributed by atoms with Crippen LogP contribution in [0.5, 0.6) is 5.75 Å². The number of methoxy groups -OCH3 is 1. The van der Waals surface area contributed by atoms with Gasteiger partial charge in [-0.05, 0) is 44.4 Å². The molecule has 8 heteroatoms. The summed E-state index contributed by atoms with van der Waals surface area (Å²) in [4.78, 5) is 32.7. The molecule has 2 aromatic heterocycles. The zero-order chi connectivity index (χ0) is 21.8. The van der Waals surface area contributed by atoms with E-state index in [2.05, 4.69) is 12.2 Å². The van der Waals surface area contributed by atoms with Gasteiger partial charge in [-0.1, -0.05) is 31.7 Å². The number of thioether (sulfide) groups is 1. The van der Waals surface area contributed by atoms with E-state index < -0.39 is 0 Å². The third-order valence-electron chi connectivity index (χ3n) is 4.87. The van der Waals surface area contributed by atoms with E-state index in [1.807, 2.05) is 45.0 Å². The summed E-state index contributed by atoms with van der Waals surface area (Å²) in [7, 11) is 1.59. The van der Waals surface area contributed by atoms with Crippen molar-refractivity contribution in [1.29, 1.82) is 0 Å². The van der Waals surface area contributed by atoms with Crippen LogP contribution < -0.4 is 15.6 Å². The average Bonchev–Trinajstić information content (AvgIpc) is 3.07. The zero-order valence-corrected chi connectivity index (χ0v) is 19.6. The molecular weight excluding hydrogens is 418 g/mol. The summed E-state index contributed by atoms with van der Waals surface area (Å²) >= 11 is 2.84. The van der Waals surface area contributed by atoms with Gasteiger partial charge in [0.1, 0.15) is 10.6 Å². The Morgan fingerprint density at radius 2 is 2.13 bits per heavy atom. The second-order valence-corrected chi connectivity index (χ2v) is 9.36. The second-order valence-electron chi connectivity index (χ2n) is 6.97. The number of fused-ring (bicyclic) bond motifs is 1. The fraction of sp³-hybridized carbons (Fsp3) is 0.409. The van der Waals surface area contributed by atoms with Gasteiger partial charge in [0.25, 0.3) is 5.56 Å². The number of hydrogen-bond acceptors (Lipinski definition) is 6. The fourth-order valence-electron chi connectivity index (χ4n) is 3.21. The van der Waals surface area contributed by atoms with Crippen molar-refractivity contribution in [1.82, 2.24) is 14.9 Å². The molecule has 160 valence electrons. The molecule has 3 aromatic rings. The van der Waals surface area contributed by atoms with E-state index in [-0.39, 0.29) is 16.7 Å². The van der Waals surface area contributed by atoms with Gasteiger partial charge in [-0.25, -0.2) is 4.98 Å². The van der Waals surface area contributed by atoms with Gasteiger partial charge in [-0.2, -0.15) is 0 Å². The van der Waals surface area contributed by atoms with Crippen molar-refractivity contribution in [2.75, 3.05) is 13.7 Å². The Hall–Kier alpha value is -2.32. The number of carbonyl (C=O) groups is 1. The molecule has 1 unspecified atom stereocenters. The highest BCUT2D eigenvalue weighted by atomic mass is 32.2. The predicted molar refractivity (Wildman–Crippen MR) is 125 cm³/mol. The van der Waals surface area contributed by atoms with Crippen molar-refractivity contribution in [2.45, 2.75) is 50.9 Å². The number of rotatable bonds is 8. The van der Waals surface area contributed by atoms with Gasteiger partial charge in [-0.3, -0.25) is 14.2 Å². The summed E-state index contributed by atoms with van der Waals surface area (Å²) in [5, 5.41) is 3.68. The van der Waals surface area contributed by atoms with Crippen LogP contribution in [0.15, 0.2) is 34.2 Å². The molecule has 6 nitrogen and oxygen atoms in total. The molecule has 0 spiro atoms. The van der Waals surface area contributed by atoms with E-state index in [0.29, 0.717) is 28.5 Å². The summed E-state index contributed by atoms with van der Waals surface area (Å²) in [6.45, 7) is 8.53. The van der Waals surface area contributed by atoms with Crippen molar-refractivity contribution < 1.29 is 9.53 Å². The summed E-state index contributed by atoms with van der Waals surface area (Å²) in [5.74, 6) is 0.588. The lowest BCUT2D eigenvalue weighted by Gasteiger charge is -2.16. The van der Waals surface area contributed by atoms with Gasteiger partial charge in [0.2, 0.25) is 5.91 Å². The Morgan fingerprint density at radius 1 is 1.37 bits per heavy atom. The highest BCUT2D eigenvalue weighted by Crippen LogP contribution is 2.32. The number of nitrogens with zero attached hydrogens (tertiary/aromatic N) is 2. The molecule has 1 atom stereocenters. The van der Waals surface area contributed by atoms with Crippen molar-refractivity contribution in [3.05, 3.63) is 45.1 Å². The summed E-state index contributed by atoms with van der Waals surface area (Å²) in [6.07, 6.45) is 1.72. The molecule has 3 rings (SSSR count). The molecule has 0 radical (unpaired) electrons. The lowest BCUT2D eigenvalue weighted by Crippen LogP contribution is -2.32. The van der Waals surface area contributed by atoms with E-state index >= 15 is 0 Å².